The first-order valence-electron chi connectivity index (χ1n) is 9.64. The molecule has 1 aliphatic heterocycles. The molecule has 3 nitrogen and oxygen atoms in total. The van der Waals surface area contributed by atoms with Crippen LogP contribution in [0.25, 0.3) is 0 Å². The maximum atomic E-state index is 13.1. The first-order chi connectivity index (χ1) is 14.1. The van der Waals surface area contributed by atoms with Crippen LogP contribution in [-0.2, 0) is 6.61 Å². The molecule has 0 unspecified atom stereocenters. The molecule has 0 radical (unpaired) electrons. The Morgan fingerprint density at radius 3 is 2.48 bits per heavy atom. The maximum Gasteiger partial charge on any atom is 0.254 e. The number of ether oxygens (including phenoxy) is 1. The second-order valence-electron chi connectivity index (χ2n) is 7.12. The molecule has 0 N–H and O–H groups in total. The number of likely N-dealkylation sites (tertiary alicyclic amines) is 1. The largest absolute Gasteiger partial charge is 0.489 e. The Balaban J connectivity index is 1.43. The Morgan fingerprint density at radius 2 is 1.76 bits per heavy atom. The summed E-state index contributed by atoms with van der Waals surface area (Å²) in [5, 5.41) is 0.700. The number of carbonyl (C=O) groups excluding carboxylic acids is 1. The van der Waals surface area contributed by atoms with Gasteiger partial charge in [0.2, 0.25) is 0 Å². The molecule has 29 heavy (non-hydrogen) atoms. The van der Waals surface area contributed by atoms with Gasteiger partial charge < -0.3 is 9.64 Å². The van der Waals surface area contributed by atoms with E-state index in [-0.39, 0.29) is 17.8 Å². The Kier molecular flexibility index (Phi) is 5.81. The number of hydrogen-bond donors (Lipinski definition) is 0. The van der Waals surface area contributed by atoms with Gasteiger partial charge in [-0.3, -0.25) is 4.79 Å². The zero-order chi connectivity index (χ0) is 20.2. The van der Waals surface area contributed by atoms with Gasteiger partial charge in [-0.1, -0.05) is 41.9 Å². The number of nitrogens with zero attached hydrogens (tertiary/aromatic N) is 1. The second kappa shape index (κ2) is 8.66. The van der Waals surface area contributed by atoms with Gasteiger partial charge in [0, 0.05) is 17.1 Å². The highest BCUT2D eigenvalue weighted by molar-refractivity contribution is 6.31. The summed E-state index contributed by atoms with van der Waals surface area (Å²) in [6, 6.07) is 21.1. The molecule has 0 spiro atoms. The molecule has 5 heteroatoms. The molecule has 3 aromatic rings. The molecule has 1 amide bonds. The van der Waals surface area contributed by atoms with Crippen LogP contribution in [0, 0.1) is 5.82 Å². The predicted octanol–water partition coefficient (Wildman–Crippen LogP) is 6.04. The van der Waals surface area contributed by atoms with Crippen LogP contribution in [-0.4, -0.2) is 17.4 Å². The molecule has 0 saturated carbocycles. The predicted molar refractivity (Wildman–Crippen MR) is 112 cm³/mol. The highest BCUT2D eigenvalue weighted by Crippen LogP contribution is 2.36. The van der Waals surface area contributed by atoms with Crippen molar-refractivity contribution >= 4 is 17.5 Å². The fourth-order valence-electron chi connectivity index (χ4n) is 3.69. The lowest BCUT2D eigenvalue weighted by molar-refractivity contribution is 0.0735. The summed E-state index contributed by atoms with van der Waals surface area (Å²) in [6.45, 7) is 1.08. The quantitative estimate of drug-likeness (QED) is 0.514. The fourth-order valence-corrected chi connectivity index (χ4v) is 3.95. The lowest BCUT2D eigenvalue weighted by Crippen LogP contribution is -2.30. The lowest BCUT2D eigenvalue weighted by Gasteiger charge is -2.26. The van der Waals surface area contributed by atoms with Crippen molar-refractivity contribution < 1.29 is 13.9 Å². The molecule has 1 atom stereocenters. The molecular weight excluding hydrogens is 389 g/mol. The van der Waals surface area contributed by atoms with Gasteiger partial charge in [-0.25, -0.2) is 4.39 Å². The van der Waals surface area contributed by atoms with E-state index in [1.54, 1.807) is 12.1 Å². The summed E-state index contributed by atoms with van der Waals surface area (Å²) in [5.74, 6) is 0.321. The fraction of sp³-hybridized carbons (Fsp3) is 0.208. The van der Waals surface area contributed by atoms with Gasteiger partial charge >= 0.3 is 0 Å². The third-order valence-corrected chi connectivity index (χ3v) is 5.54. The number of halogens is 2. The lowest BCUT2D eigenvalue weighted by atomic mass is 10.0. The van der Waals surface area contributed by atoms with Gasteiger partial charge in [-0.15, -0.1) is 0 Å². The van der Waals surface area contributed by atoms with E-state index < -0.39 is 0 Å². The Bertz CT molecular complexity index is 989. The smallest absolute Gasteiger partial charge is 0.254 e. The molecule has 1 fully saturated rings. The van der Waals surface area contributed by atoms with Crippen LogP contribution in [0.4, 0.5) is 4.39 Å². The number of rotatable bonds is 5. The van der Waals surface area contributed by atoms with E-state index in [1.807, 2.05) is 53.4 Å². The van der Waals surface area contributed by atoms with Crippen molar-refractivity contribution in [1.82, 2.24) is 4.90 Å². The Morgan fingerprint density at radius 1 is 1.03 bits per heavy atom. The monoisotopic (exact) mass is 409 g/mol. The van der Waals surface area contributed by atoms with Crippen LogP contribution in [0.15, 0.2) is 72.8 Å². The zero-order valence-corrected chi connectivity index (χ0v) is 16.6. The van der Waals surface area contributed by atoms with Crippen LogP contribution in [0.1, 0.15) is 40.4 Å². The normalized spacial score (nSPS) is 16.1. The molecule has 1 saturated heterocycles. The molecule has 0 aliphatic carbocycles. The number of carbonyl (C=O) groups is 1. The minimum absolute atomic E-state index is 0.0117. The van der Waals surface area contributed by atoms with Crippen molar-refractivity contribution in [1.29, 1.82) is 0 Å². The summed E-state index contributed by atoms with van der Waals surface area (Å²) in [6.07, 6.45) is 1.88. The van der Waals surface area contributed by atoms with Gasteiger partial charge in [0.25, 0.3) is 5.91 Å². The van der Waals surface area contributed by atoms with Crippen molar-refractivity contribution in [3.63, 3.8) is 0 Å². The van der Waals surface area contributed by atoms with E-state index in [2.05, 4.69) is 0 Å². The maximum absolute atomic E-state index is 13.1. The topological polar surface area (TPSA) is 29.5 Å². The molecule has 148 valence electrons. The number of benzene rings is 3. The Labute approximate surface area is 174 Å². The molecular formula is C24H21ClFNO2. The zero-order valence-electron chi connectivity index (χ0n) is 15.9. The van der Waals surface area contributed by atoms with Crippen LogP contribution in [0.5, 0.6) is 5.75 Å². The van der Waals surface area contributed by atoms with E-state index in [9.17, 15) is 9.18 Å². The van der Waals surface area contributed by atoms with E-state index in [1.165, 1.54) is 12.1 Å². The van der Waals surface area contributed by atoms with Crippen molar-refractivity contribution in [3.05, 3.63) is 100 Å². The van der Waals surface area contributed by atoms with Crippen LogP contribution < -0.4 is 4.74 Å². The van der Waals surface area contributed by atoms with Crippen molar-refractivity contribution in [2.45, 2.75) is 25.5 Å². The van der Waals surface area contributed by atoms with Crippen LogP contribution >= 0.6 is 11.6 Å². The van der Waals surface area contributed by atoms with Gasteiger partial charge in [0.15, 0.2) is 0 Å². The summed E-state index contributed by atoms with van der Waals surface area (Å²) in [5.41, 5.74) is 2.59. The molecule has 1 aliphatic rings. The van der Waals surface area contributed by atoms with E-state index in [0.717, 1.165) is 30.5 Å². The van der Waals surface area contributed by atoms with E-state index >= 15 is 0 Å². The molecule has 1 heterocycles. The summed E-state index contributed by atoms with van der Waals surface area (Å²) >= 11 is 6.36. The van der Waals surface area contributed by atoms with Gasteiger partial charge in [-0.05, 0) is 66.4 Å². The van der Waals surface area contributed by atoms with E-state index in [4.69, 9.17) is 16.3 Å². The summed E-state index contributed by atoms with van der Waals surface area (Å²) in [4.78, 5) is 15.0. The third-order valence-electron chi connectivity index (χ3n) is 5.20. The van der Waals surface area contributed by atoms with Crippen molar-refractivity contribution in [2.24, 2.45) is 0 Å². The third kappa shape index (κ3) is 4.43. The summed E-state index contributed by atoms with van der Waals surface area (Å²) < 4.78 is 18.6. The molecule has 0 aromatic heterocycles. The molecule has 0 bridgehead atoms. The number of hydrogen-bond acceptors (Lipinski definition) is 2. The second-order valence-corrected chi connectivity index (χ2v) is 7.52. The van der Waals surface area contributed by atoms with Crippen LogP contribution in [0.3, 0.4) is 0 Å². The minimum atomic E-state index is -0.294. The van der Waals surface area contributed by atoms with Gasteiger partial charge in [0.05, 0.1) is 6.04 Å². The highest BCUT2D eigenvalue weighted by atomic mass is 35.5. The average molecular weight is 410 g/mol. The number of amides is 1. The minimum Gasteiger partial charge on any atom is -0.489 e. The SMILES string of the molecule is O=C(c1ccc(COc2ccc(F)cc2)cc1)N1CCC[C@@H]1c1ccccc1Cl. The van der Waals surface area contributed by atoms with Crippen molar-refractivity contribution in [2.75, 3.05) is 6.54 Å². The van der Waals surface area contributed by atoms with Gasteiger partial charge in [0.1, 0.15) is 18.2 Å². The standard InChI is InChI=1S/C24H21ClFNO2/c25-22-5-2-1-4-21(22)23-6-3-15-27(23)24(28)18-9-7-17(8-10-18)16-29-20-13-11-19(26)12-14-20/h1-2,4-5,7-14,23H,3,6,15-16H2/t23-/m1/s1. The van der Waals surface area contributed by atoms with E-state index in [0.29, 0.717) is 22.9 Å². The highest BCUT2D eigenvalue weighted by Gasteiger charge is 2.31. The molecule has 3 aromatic carbocycles. The summed E-state index contributed by atoms with van der Waals surface area (Å²) in [7, 11) is 0. The van der Waals surface area contributed by atoms with Crippen molar-refractivity contribution in [3.8, 4) is 5.75 Å². The Hall–Kier alpha value is -2.85. The van der Waals surface area contributed by atoms with Crippen LogP contribution in [0.2, 0.25) is 5.02 Å². The first-order valence-corrected chi connectivity index (χ1v) is 10.0. The first kappa shape index (κ1) is 19.5. The van der Waals surface area contributed by atoms with Gasteiger partial charge in [-0.2, -0.15) is 0 Å². The average Bonchev–Trinajstić information content (AvgIpc) is 3.23. The molecule has 4 rings (SSSR count).